The Morgan fingerprint density at radius 3 is 2.55 bits per heavy atom. The van der Waals surface area contributed by atoms with E-state index in [1.165, 1.54) is 10.4 Å². The van der Waals surface area contributed by atoms with E-state index in [-0.39, 0.29) is 0 Å². The molecule has 0 bridgehead atoms. The van der Waals surface area contributed by atoms with Crippen LogP contribution in [0.3, 0.4) is 0 Å². The van der Waals surface area contributed by atoms with Crippen molar-refractivity contribution in [2.75, 3.05) is 13.1 Å². The van der Waals surface area contributed by atoms with E-state index >= 15 is 0 Å². The maximum absolute atomic E-state index is 6.21. The summed E-state index contributed by atoms with van der Waals surface area (Å²) in [6.07, 6.45) is 1.16. The fourth-order valence-corrected chi connectivity index (χ4v) is 5.01. The second-order valence-electron chi connectivity index (χ2n) is 5.03. The smallest absolute Gasteiger partial charge is 0.107 e. The second kappa shape index (κ2) is 6.49. The Morgan fingerprint density at radius 1 is 1.15 bits per heavy atom. The topological polar surface area (TPSA) is 12.0 Å². The number of nitrogens with one attached hydrogen (secondary N) is 1. The molecule has 2 unspecified atom stereocenters. The predicted octanol–water partition coefficient (Wildman–Crippen LogP) is 5.79. The molecule has 0 radical (unpaired) electrons. The fourth-order valence-electron chi connectivity index (χ4n) is 2.81. The third-order valence-electron chi connectivity index (χ3n) is 3.81. The molecule has 2 heterocycles. The fraction of sp³-hybridized carbons (Fsp3) is 0.333. The molecule has 0 aliphatic carbocycles. The first-order valence-electron chi connectivity index (χ1n) is 6.56. The van der Waals surface area contributed by atoms with E-state index in [0.29, 0.717) is 11.8 Å². The van der Waals surface area contributed by atoms with Gasteiger partial charge in [0.2, 0.25) is 0 Å². The summed E-state index contributed by atoms with van der Waals surface area (Å²) in [7, 11) is 0. The number of hydrogen-bond donors (Lipinski definition) is 1. The van der Waals surface area contributed by atoms with Gasteiger partial charge in [-0.25, -0.2) is 0 Å². The van der Waals surface area contributed by atoms with Crippen LogP contribution in [0.2, 0.25) is 4.34 Å². The molecule has 0 spiro atoms. The molecule has 2 atom stereocenters. The van der Waals surface area contributed by atoms with Gasteiger partial charge in [0.15, 0.2) is 0 Å². The van der Waals surface area contributed by atoms with Crippen molar-refractivity contribution in [3.05, 3.63) is 54.1 Å². The van der Waals surface area contributed by atoms with Crippen LogP contribution in [0.25, 0.3) is 0 Å². The molecule has 1 saturated heterocycles. The molecule has 1 aromatic carbocycles. The van der Waals surface area contributed by atoms with Gasteiger partial charge in [-0.1, -0.05) is 39.7 Å². The number of piperidine rings is 1. The molecule has 106 valence electrons. The highest BCUT2D eigenvalue weighted by atomic mass is 79.9. The molecular formula is C15H14Br2ClNS. The molecule has 2 aromatic rings. The zero-order valence-corrected chi connectivity index (χ0v) is 15.4. The van der Waals surface area contributed by atoms with Crippen LogP contribution in [-0.2, 0) is 0 Å². The van der Waals surface area contributed by atoms with Crippen LogP contribution in [0, 0.1) is 0 Å². The standard InChI is InChI=1S/C15H14Br2ClNS/c16-10-3-1-9(2-4-10)12-8-19-6-5-11(12)14-7-13(17)15(18)20-14/h1-4,7,11-12,19H,5-6,8H2. The summed E-state index contributed by atoms with van der Waals surface area (Å²) in [5, 5.41) is 3.52. The minimum absolute atomic E-state index is 0.512. The Kier molecular flexibility index (Phi) is 4.88. The van der Waals surface area contributed by atoms with Gasteiger partial charge in [-0.15, -0.1) is 11.3 Å². The number of rotatable bonds is 2. The van der Waals surface area contributed by atoms with Crippen LogP contribution in [0.5, 0.6) is 0 Å². The van der Waals surface area contributed by atoms with Crippen molar-refractivity contribution >= 4 is 54.8 Å². The third-order valence-corrected chi connectivity index (χ3v) is 6.95. The van der Waals surface area contributed by atoms with Crippen LogP contribution >= 0.6 is 54.8 Å². The number of benzene rings is 1. The SMILES string of the molecule is Clc1sc(C2CCNCC2c2ccc(Br)cc2)cc1Br. The minimum atomic E-state index is 0.512. The average molecular weight is 436 g/mol. The maximum Gasteiger partial charge on any atom is 0.107 e. The molecular weight excluding hydrogens is 422 g/mol. The average Bonchev–Trinajstić information content (AvgIpc) is 2.79. The van der Waals surface area contributed by atoms with Gasteiger partial charge < -0.3 is 5.32 Å². The van der Waals surface area contributed by atoms with Crippen molar-refractivity contribution in [2.24, 2.45) is 0 Å². The molecule has 1 fully saturated rings. The molecule has 1 nitrogen and oxygen atoms in total. The van der Waals surface area contributed by atoms with E-state index < -0.39 is 0 Å². The Labute approximate surface area is 145 Å². The monoisotopic (exact) mass is 433 g/mol. The van der Waals surface area contributed by atoms with Gasteiger partial charge in [-0.2, -0.15) is 0 Å². The molecule has 1 aliphatic heterocycles. The lowest BCUT2D eigenvalue weighted by atomic mass is 9.80. The Bertz CT molecular complexity index is 577. The van der Waals surface area contributed by atoms with Gasteiger partial charge in [0, 0.05) is 32.2 Å². The van der Waals surface area contributed by atoms with Crippen molar-refractivity contribution in [1.29, 1.82) is 0 Å². The first-order valence-corrected chi connectivity index (χ1v) is 9.34. The second-order valence-corrected chi connectivity index (χ2v) is 8.48. The Balaban J connectivity index is 1.92. The van der Waals surface area contributed by atoms with E-state index in [4.69, 9.17) is 11.6 Å². The predicted molar refractivity (Wildman–Crippen MR) is 94.1 cm³/mol. The molecule has 1 N–H and O–H groups in total. The largest absolute Gasteiger partial charge is 0.316 e. The molecule has 0 amide bonds. The number of halogens is 3. The lowest BCUT2D eigenvalue weighted by Crippen LogP contribution is -2.33. The van der Waals surface area contributed by atoms with Crippen LogP contribution in [0.15, 0.2) is 39.3 Å². The highest BCUT2D eigenvalue weighted by Gasteiger charge is 2.29. The van der Waals surface area contributed by atoms with Crippen LogP contribution in [0.1, 0.15) is 28.7 Å². The normalized spacial score (nSPS) is 22.9. The maximum atomic E-state index is 6.21. The number of hydrogen-bond acceptors (Lipinski definition) is 2. The Morgan fingerprint density at radius 2 is 1.90 bits per heavy atom. The molecule has 3 rings (SSSR count). The lowest BCUT2D eigenvalue weighted by Gasteiger charge is -2.32. The van der Waals surface area contributed by atoms with E-state index in [0.717, 1.165) is 32.8 Å². The van der Waals surface area contributed by atoms with Gasteiger partial charge in [0.25, 0.3) is 0 Å². The highest BCUT2D eigenvalue weighted by molar-refractivity contribution is 9.10. The molecule has 1 aliphatic rings. The van der Waals surface area contributed by atoms with Gasteiger partial charge in [0.05, 0.1) is 0 Å². The first-order chi connectivity index (χ1) is 9.65. The summed E-state index contributed by atoms with van der Waals surface area (Å²) in [5.74, 6) is 1.06. The Hall–Kier alpha value is 0.130. The first kappa shape index (κ1) is 15.0. The van der Waals surface area contributed by atoms with Crippen LogP contribution in [0.4, 0.5) is 0 Å². The van der Waals surface area contributed by atoms with Crippen molar-refractivity contribution in [3.63, 3.8) is 0 Å². The van der Waals surface area contributed by atoms with E-state index in [1.54, 1.807) is 11.3 Å². The summed E-state index contributed by atoms with van der Waals surface area (Å²) in [5.41, 5.74) is 1.39. The van der Waals surface area contributed by atoms with Crippen molar-refractivity contribution < 1.29 is 0 Å². The van der Waals surface area contributed by atoms with Crippen LogP contribution < -0.4 is 5.32 Å². The van der Waals surface area contributed by atoms with E-state index in [1.807, 2.05) is 0 Å². The van der Waals surface area contributed by atoms with Gasteiger partial charge in [0.1, 0.15) is 4.34 Å². The van der Waals surface area contributed by atoms with Crippen molar-refractivity contribution in [3.8, 4) is 0 Å². The van der Waals surface area contributed by atoms with Gasteiger partial charge in [-0.05, 0) is 52.7 Å². The van der Waals surface area contributed by atoms with E-state index in [9.17, 15) is 0 Å². The molecule has 5 heteroatoms. The summed E-state index contributed by atoms with van der Waals surface area (Å²) < 4.78 is 3.00. The highest BCUT2D eigenvalue weighted by Crippen LogP contribution is 2.44. The summed E-state index contributed by atoms with van der Waals surface area (Å²) in [6.45, 7) is 2.10. The lowest BCUT2D eigenvalue weighted by molar-refractivity contribution is 0.408. The molecule has 0 saturated carbocycles. The van der Waals surface area contributed by atoms with Gasteiger partial charge >= 0.3 is 0 Å². The van der Waals surface area contributed by atoms with Crippen LogP contribution in [-0.4, -0.2) is 13.1 Å². The summed E-state index contributed by atoms with van der Waals surface area (Å²) in [6, 6.07) is 10.9. The number of thiophene rings is 1. The van der Waals surface area contributed by atoms with Crippen molar-refractivity contribution in [1.82, 2.24) is 5.32 Å². The summed E-state index contributed by atoms with van der Waals surface area (Å²) >= 11 is 14.9. The quantitative estimate of drug-likeness (QED) is 0.630. The van der Waals surface area contributed by atoms with Gasteiger partial charge in [-0.3, -0.25) is 0 Å². The minimum Gasteiger partial charge on any atom is -0.316 e. The molecule has 20 heavy (non-hydrogen) atoms. The third kappa shape index (κ3) is 3.14. The summed E-state index contributed by atoms with van der Waals surface area (Å²) in [4.78, 5) is 1.39. The van der Waals surface area contributed by atoms with Crippen molar-refractivity contribution in [2.45, 2.75) is 18.3 Å². The van der Waals surface area contributed by atoms with E-state index in [2.05, 4.69) is 67.5 Å². The molecule has 1 aromatic heterocycles. The zero-order chi connectivity index (χ0) is 14.1. The zero-order valence-electron chi connectivity index (χ0n) is 10.7.